The molecule has 1 unspecified atom stereocenters. The van der Waals surface area contributed by atoms with Crippen LogP contribution in [-0.4, -0.2) is 30.0 Å². The van der Waals surface area contributed by atoms with E-state index in [0.717, 1.165) is 0 Å². The summed E-state index contributed by atoms with van der Waals surface area (Å²) in [6.07, 6.45) is 1.09. The van der Waals surface area contributed by atoms with Crippen LogP contribution in [0.3, 0.4) is 0 Å². The maximum absolute atomic E-state index is 8.55. The van der Waals surface area contributed by atoms with Crippen molar-refractivity contribution in [2.45, 2.75) is 59.5 Å². The topological polar surface area (TPSA) is 45.5 Å². The van der Waals surface area contributed by atoms with E-state index in [4.69, 9.17) is 15.7 Å². The van der Waals surface area contributed by atoms with Crippen LogP contribution in [0.15, 0.2) is 0 Å². The molecule has 0 saturated carbocycles. The van der Waals surface area contributed by atoms with Crippen molar-refractivity contribution < 1.29 is 10.4 Å². The number of nitrogens with zero attached hydrogens (tertiary/aromatic N) is 2. The summed E-state index contributed by atoms with van der Waals surface area (Å²) in [6, 6.07) is 2.72. The highest BCUT2D eigenvalue weighted by Crippen LogP contribution is 2.45. The highest BCUT2D eigenvalue weighted by Gasteiger charge is 2.26. The van der Waals surface area contributed by atoms with Gasteiger partial charge < -0.3 is 9.05 Å². The summed E-state index contributed by atoms with van der Waals surface area (Å²) >= 11 is 0. The van der Waals surface area contributed by atoms with Crippen molar-refractivity contribution in [1.29, 1.82) is 5.26 Å². The van der Waals surface area contributed by atoms with E-state index in [1.807, 2.05) is 0 Å². The zero-order valence-electron chi connectivity index (χ0n) is 12.3. The average molecular weight is 261 g/mol. The minimum Gasteiger partial charge on any atom is -0.322 e. The second-order valence-electron chi connectivity index (χ2n) is 4.23. The second kappa shape index (κ2) is 9.79. The lowest BCUT2D eigenvalue weighted by Crippen LogP contribution is -2.33. The molecule has 0 aromatic heterocycles. The maximum atomic E-state index is 8.55. The Hall–Kier alpha value is -0.200. The van der Waals surface area contributed by atoms with Crippen molar-refractivity contribution in [3.63, 3.8) is 0 Å². The largest absolute Gasteiger partial charge is 0.322 e. The van der Waals surface area contributed by atoms with Crippen molar-refractivity contribution >= 4 is 8.53 Å². The molecule has 100 valence electrons. The Kier molecular flexibility index (Phi) is 8.56. The SMILES string of the molecule is [2H]CCCOP(OCCC#N)N(C(C)C)C(C)C. The molecule has 0 spiro atoms. The molecule has 0 fully saturated rings. The summed E-state index contributed by atoms with van der Waals surface area (Å²) in [5.41, 5.74) is 0. The van der Waals surface area contributed by atoms with Crippen LogP contribution in [0.5, 0.6) is 0 Å². The molecule has 4 nitrogen and oxygen atoms in total. The predicted molar refractivity (Wildman–Crippen MR) is 71.5 cm³/mol. The number of rotatable bonds is 9. The molecule has 0 saturated heterocycles. The number of hydrogen-bond donors (Lipinski definition) is 0. The molecular weight excluding hydrogens is 235 g/mol. The monoisotopic (exact) mass is 261 g/mol. The first-order chi connectivity index (χ1) is 8.54. The molecule has 0 bridgehead atoms. The van der Waals surface area contributed by atoms with Crippen molar-refractivity contribution in [2.75, 3.05) is 13.2 Å². The van der Waals surface area contributed by atoms with Crippen LogP contribution >= 0.6 is 8.53 Å². The zero-order chi connectivity index (χ0) is 14.0. The third kappa shape index (κ3) is 6.95. The number of nitriles is 1. The fourth-order valence-electron chi connectivity index (χ4n) is 1.46. The summed E-state index contributed by atoms with van der Waals surface area (Å²) in [5.74, 6) is 0. The van der Waals surface area contributed by atoms with Gasteiger partial charge in [0.15, 0.2) is 0 Å². The fourth-order valence-corrected chi connectivity index (χ4v) is 3.08. The Labute approximate surface area is 108 Å². The molecule has 0 heterocycles. The van der Waals surface area contributed by atoms with Crippen molar-refractivity contribution in [2.24, 2.45) is 0 Å². The van der Waals surface area contributed by atoms with Gasteiger partial charge >= 0.3 is 0 Å². The highest BCUT2D eigenvalue weighted by atomic mass is 31.2. The van der Waals surface area contributed by atoms with Crippen molar-refractivity contribution in [3.05, 3.63) is 0 Å². The summed E-state index contributed by atoms with van der Waals surface area (Å²) < 4.78 is 20.8. The summed E-state index contributed by atoms with van der Waals surface area (Å²) in [6.45, 7) is 9.74. The molecule has 0 rings (SSSR count). The van der Waals surface area contributed by atoms with Gasteiger partial charge in [0.05, 0.1) is 25.7 Å². The summed E-state index contributed by atoms with van der Waals surface area (Å²) in [7, 11) is -1.13. The van der Waals surface area contributed by atoms with Crippen LogP contribution in [0.25, 0.3) is 0 Å². The van der Waals surface area contributed by atoms with E-state index < -0.39 is 8.53 Å². The second-order valence-corrected chi connectivity index (χ2v) is 5.69. The Morgan fingerprint density at radius 2 is 1.82 bits per heavy atom. The Morgan fingerprint density at radius 3 is 2.29 bits per heavy atom. The lowest BCUT2D eigenvalue weighted by atomic mass is 10.3. The third-order valence-electron chi connectivity index (χ3n) is 2.01. The van der Waals surface area contributed by atoms with Gasteiger partial charge in [-0.25, -0.2) is 4.67 Å². The fraction of sp³-hybridized carbons (Fsp3) is 0.917. The van der Waals surface area contributed by atoms with E-state index >= 15 is 0 Å². The molecule has 0 aliphatic carbocycles. The van der Waals surface area contributed by atoms with E-state index in [9.17, 15) is 0 Å². The lowest BCUT2D eigenvalue weighted by molar-refractivity contribution is 0.176. The molecular formula is C12H25N2O2P. The van der Waals surface area contributed by atoms with Gasteiger partial charge in [0.1, 0.15) is 0 Å². The first-order valence-corrected chi connectivity index (χ1v) is 7.18. The van der Waals surface area contributed by atoms with Gasteiger partial charge in [-0.1, -0.05) is 6.90 Å². The first-order valence-electron chi connectivity index (χ1n) is 6.75. The van der Waals surface area contributed by atoms with Gasteiger partial charge in [-0.15, -0.1) is 0 Å². The van der Waals surface area contributed by atoms with Gasteiger partial charge in [0.25, 0.3) is 8.53 Å². The molecule has 0 radical (unpaired) electrons. The van der Waals surface area contributed by atoms with Crippen LogP contribution in [0.4, 0.5) is 0 Å². The van der Waals surface area contributed by atoms with Crippen molar-refractivity contribution in [1.82, 2.24) is 4.67 Å². The average Bonchev–Trinajstić information content (AvgIpc) is 2.28. The summed E-state index contributed by atoms with van der Waals surface area (Å²) in [4.78, 5) is 0. The van der Waals surface area contributed by atoms with Gasteiger partial charge in [-0.3, -0.25) is 0 Å². The molecule has 0 aliphatic rings. The molecule has 0 aliphatic heterocycles. The van der Waals surface area contributed by atoms with Crippen LogP contribution in [0.2, 0.25) is 0 Å². The molecule has 5 heteroatoms. The Morgan fingerprint density at radius 1 is 1.24 bits per heavy atom. The smallest absolute Gasteiger partial charge is 0.259 e. The van der Waals surface area contributed by atoms with E-state index in [-0.39, 0.29) is 0 Å². The number of hydrogen-bond acceptors (Lipinski definition) is 4. The molecule has 0 aromatic rings. The zero-order valence-corrected chi connectivity index (χ0v) is 12.2. The predicted octanol–water partition coefficient (Wildman–Crippen LogP) is 3.69. The molecule has 1 atom stereocenters. The van der Waals surface area contributed by atoms with Crippen molar-refractivity contribution in [3.8, 4) is 6.07 Å². The van der Waals surface area contributed by atoms with Gasteiger partial charge in [-0.2, -0.15) is 5.26 Å². The lowest BCUT2D eigenvalue weighted by Gasteiger charge is -2.35. The highest BCUT2D eigenvalue weighted by molar-refractivity contribution is 7.44. The van der Waals surface area contributed by atoms with Crippen LogP contribution < -0.4 is 0 Å². The molecule has 0 N–H and O–H groups in total. The maximum Gasteiger partial charge on any atom is 0.259 e. The van der Waals surface area contributed by atoms with Crippen LogP contribution in [0, 0.1) is 11.3 Å². The van der Waals surface area contributed by atoms with E-state index in [2.05, 4.69) is 38.4 Å². The van der Waals surface area contributed by atoms with E-state index in [1.54, 1.807) is 0 Å². The normalized spacial score (nSPS) is 14.1. The quantitative estimate of drug-likeness (QED) is 0.469. The minimum absolute atomic E-state index is 0.328. The first kappa shape index (κ1) is 14.9. The van der Waals surface area contributed by atoms with E-state index in [1.165, 1.54) is 0 Å². The molecule has 17 heavy (non-hydrogen) atoms. The van der Waals surface area contributed by atoms with Crippen LogP contribution in [-0.2, 0) is 9.05 Å². The molecule has 0 amide bonds. The Bertz CT molecular complexity index is 239. The Balaban J connectivity index is 4.44. The minimum atomic E-state index is -1.13. The molecule has 0 aromatic carbocycles. The van der Waals surface area contributed by atoms with Gasteiger partial charge in [0, 0.05) is 13.5 Å². The third-order valence-corrected chi connectivity index (χ3v) is 4.12. The van der Waals surface area contributed by atoms with Gasteiger partial charge in [0.2, 0.25) is 0 Å². The van der Waals surface area contributed by atoms with E-state index in [0.29, 0.717) is 45.0 Å². The van der Waals surface area contributed by atoms with Gasteiger partial charge in [-0.05, 0) is 34.1 Å². The van der Waals surface area contributed by atoms with Crippen LogP contribution in [0.1, 0.15) is 48.8 Å². The summed E-state index contributed by atoms with van der Waals surface area (Å²) in [5, 5.41) is 8.55. The standard InChI is InChI=1S/C12H25N2O2P/c1-6-9-15-17(16-10-7-8-13)14(11(2)3)12(4)5/h11-12H,6-7,9-10H2,1-5H3/i1D.